The first-order chi connectivity index (χ1) is 15.5. The maximum absolute atomic E-state index is 12.9. The Morgan fingerprint density at radius 1 is 1.06 bits per heavy atom. The lowest BCUT2D eigenvalue weighted by molar-refractivity contribution is -0.126. The number of benzene rings is 2. The summed E-state index contributed by atoms with van der Waals surface area (Å²) >= 11 is 0. The molecule has 6 heteroatoms. The maximum Gasteiger partial charge on any atom is 0.227 e. The first-order valence-corrected chi connectivity index (χ1v) is 11.6. The summed E-state index contributed by atoms with van der Waals surface area (Å²) in [7, 11) is 0. The molecule has 170 valence electrons. The van der Waals surface area contributed by atoms with Crippen molar-refractivity contribution in [3.63, 3.8) is 0 Å². The van der Waals surface area contributed by atoms with Gasteiger partial charge in [-0.15, -0.1) is 0 Å². The van der Waals surface area contributed by atoms with Crippen molar-refractivity contribution in [2.45, 2.75) is 58.2 Å². The zero-order valence-corrected chi connectivity index (χ0v) is 19.0. The Labute approximate surface area is 190 Å². The van der Waals surface area contributed by atoms with Gasteiger partial charge in [0.25, 0.3) is 0 Å². The van der Waals surface area contributed by atoms with Gasteiger partial charge in [-0.3, -0.25) is 14.5 Å². The van der Waals surface area contributed by atoms with Gasteiger partial charge < -0.3 is 15.0 Å². The second-order valence-electron chi connectivity index (χ2n) is 9.01. The van der Waals surface area contributed by atoms with Gasteiger partial charge in [0.05, 0.1) is 12.2 Å². The van der Waals surface area contributed by atoms with Gasteiger partial charge in [0, 0.05) is 38.5 Å². The van der Waals surface area contributed by atoms with Gasteiger partial charge in [-0.25, -0.2) is 0 Å². The Bertz CT molecular complexity index is 939. The van der Waals surface area contributed by atoms with Crippen molar-refractivity contribution >= 4 is 17.5 Å². The smallest absolute Gasteiger partial charge is 0.227 e. The fourth-order valence-electron chi connectivity index (χ4n) is 4.52. The number of aryl methyl sites for hydroxylation is 1. The molecule has 0 radical (unpaired) electrons. The number of anilines is 1. The lowest BCUT2D eigenvalue weighted by Gasteiger charge is -2.34. The average Bonchev–Trinajstić information content (AvgIpc) is 2.79. The van der Waals surface area contributed by atoms with Crippen LogP contribution in [0.1, 0.15) is 43.7 Å². The highest BCUT2D eigenvalue weighted by Crippen LogP contribution is 2.34. The van der Waals surface area contributed by atoms with Gasteiger partial charge >= 0.3 is 0 Å². The standard InChI is InChI=1S/C26H33N3O3/c1-19-8-9-24-23(16-19)29(17-20(2)32-24)26(31)11-10-25(30)27-22-12-14-28(15-13-22)18-21-6-4-3-5-7-21/h3-9,16,20,22H,10-15,17-18H2,1-2H3,(H,27,30)/t20-/m1/s1. The number of amides is 2. The normalized spacial score (nSPS) is 19.2. The molecule has 2 aromatic rings. The minimum absolute atomic E-state index is 0.0279. The third-order valence-electron chi connectivity index (χ3n) is 6.24. The second-order valence-corrected chi connectivity index (χ2v) is 9.01. The zero-order valence-electron chi connectivity index (χ0n) is 19.0. The number of likely N-dealkylation sites (tertiary alicyclic amines) is 1. The summed E-state index contributed by atoms with van der Waals surface area (Å²) in [6.45, 7) is 7.37. The van der Waals surface area contributed by atoms with Crippen molar-refractivity contribution in [1.82, 2.24) is 10.2 Å². The number of carbonyl (C=O) groups is 2. The lowest BCUT2D eigenvalue weighted by Crippen LogP contribution is -2.45. The van der Waals surface area contributed by atoms with E-state index in [1.165, 1.54) is 5.56 Å². The number of ether oxygens (including phenoxy) is 1. The van der Waals surface area contributed by atoms with Gasteiger partial charge in [0.2, 0.25) is 11.8 Å². The molecule has 0 saturated carbocycles. The van der Waals surface area contributed by atoms with E-state index in [1.807, 2.05) is 38.1 Å². The Hall–Kier alpha value is -2.86. The summed E-state index contributed by atoms with van der Waals surface area (Å²) in [6.07, 6.45) is 2.25. The van der Waals surface area contributed by atoms with Gasteiger partial charge in [-0.05, 0) is 49.9 Å². The molecule has 2 aliphatic heterocycles. The summed E-state index contributed by atoms with van der Waals surface area (Å²) < 4.78 is 5.86. The summed E-state index contributed by atoms with van der Waals surface area (Å²) in [5.74, 6) is 0.667. The predicted octanol–water partition coefficient (Wildman–Crippen LogP) is 3.67. The van der Waals surface area contributed by atoms with Crippen LogP contribution < -0.4 is 15.0 Å². The summed E-state index contributed by atoms with van der Waals surface area (Å²) in [5.41, 5.74) is 3.21. The molecular weight excluding hydrogens is 402 g/mol. The van der Waals surface area contributed by atoms with Crippen LogP contribution in [0.5, 0.6) is 5.75 Å². The van der Waals surface area contributed by atoms with Crippen LogP contribution in [-0.2, 0) is 16.1 Å². The van der Waals surface area contributed by atoms with E-state index in [0.717, 1.165) is 49.5 Å². The Kier molecular flexibility index (Phi) is 7.10. The molecule has 0 aromatic heterocycles. The van der Waals surface area contributed by atoms with E-state index >= 15 is 0 Å². The van der Waals surface area contributed by atoms with Crippen LogP contribution in [-0.4, -0.2) is 48.5 Å². The van der Waals surface area contributed by atoms with E-state index < -0.39 is 0 Å². The molecule has 2 amide bonds. The summed E-state index contributed by atoms with van der Waals surface area (Å²) in [4.78, 5) is 29.6. The molecule has 6 nitrogen and oxygen atoms in total. The van der Waals surface area contributed by atoms with E-state index in [4.69, 9.17) is 4.74 Å². The third kappa shape index (κ3) is 5.68. The number of hydrogen-bond acceptors (Lipinski definition) is 4. The van der Waals surface area contributed by atoms with Crippen LogP contribution >= 0.6 is 0 Å². The largest absolute Gasteiger partial charge is 0.487 e. The minimum Gasteiger partial charge on any atom is -0.487 e. The van der Waals surface area contributed by atoms with Crippen LogP contribution in [0, 0.1) is 6.92 Å². The zero-order chi connectivity index (χ0) is 22.5. The van der Waals surface area contributed by atoms with Gasteiger partial charge in [0.15, 0.2) is 0 Å². The molecule has 2 heterocycles. The molecule has 0 aliphatic carbocycles. The number of fused-ring (bicyclic) bond motifs is 1. The number of rotatable bonds is 6. The van der Waals surface area contributed by atoms with E-state index in [0.29, 0.717) is 6.54 Å². The topological polar surface area (TPSA) is 61.9 Å². The maximum atomic E-state index is 12.9. The first-order valence-electron chi connectivity index (χ1n) is 11.6. The Morgan fingerprint density at radius 3 is 2.56 bits per heavy atom. The van der Waals surface area contributed by atoms with Crippen LogP contribution in [0.2, 0.25) is 0 Å². The minimum atomic E-state index is -0.0657. The number of piperidine rings is 1. The van der Waals surface area contributed by atoms with E-state index in [2.05, 4.69) is 34.5 Å². The Balaban J connectivity index is 1.23. The summed E-state index contributed by atoms with van der Waals surface area (Å²) in [6, 6.07) is 16.5. The van der Waals surface area contributed by atoms with Gasteiger partial charge in [0.1, 0.15) is 11.9 Å². The SMILES string of the molecule is Cc1ccc2c(c1)N(C(=O)CCC(=O)NC1CCN(Cc3ccccc3)CC1)C[C@@H](C)O2. The van der Waals surface area contributed by atoms with Crippen molar-refractivity contribution in [1.29, 1.82) is 0 Å². The molecule has 0 spiro atoms. The quantitative estimate of drug-likeness (QED) is 0.752. The van der Waals surface area contributed by atoms with Crippen molar-refractivity contribution in [2.75, 3.05) is 24.5 Å². The predicted molar refractivity (Wildman–Crippen MR) is 126 cm³/mol. The molecule has 2 aliphatic rings. The van der Waals surface area contributed by atoms with Gasteiger partial charge in [-0.1, -0.05) is 36.4 Å². The highest BCUT2D eigenvalue weighted by atomic mass is 16.5. The molecule has 4 rings (SSSR count). The van der Waals surface area contributed by atoms with E-state index in [9.17, 15) is 9.59 Å². The fourth-order valence-corrected chi connectivity index (χ4v) is 4.52. The molecule has 0 bridgehead atoms. The molecule has 1 N–H and O–H groups in total. The monoisotopic (exact) mass is 435 g/mol. The lowest BCUT2D eigenvalue weighted by atomic mass is 10.0. The molecule has 1 fully saturated rings. The Morgan fingerprint density at radius 2 is 1.81 bits per heavy atom. The average molecular weight is 436 g/mol. The fraction of sp³-hybridized carbons (Fsp3) is 0.462. The molecule has 0 unspecified atom stereocenters. The van der Waals surface area contributed by atoms with Crippen LogP contribution in [0.15, 0.2) is 48.5 Å². The van der Waals surface area contributed by atoms with Crippen molar-refractivity contribution in [2.24, 2.45) is 0 Å². The molecule has 32 heavy (non-hydrogen) atoms. The number of carbonyl (C=O) groups excluding carboxylic acids is 2. The second kappa shape index (κ2) is 10.2. The number of nitrogens with zero attached hydrogens (tertiary/aromatic N) is 2. The molecular formula is C26H33N3O3. The molecule has 1 saturated heterocycles. The highest BCUT2D eigenvalue weighted by Gasteiger charge is 2.28. The molecule has 1 atom stereocenters. The van der Waals surface area contributed by atoms with Crippen molar-refractivity contribution < 1.29 is 14.3 Å². The molecule has 2 aromatic carbocycles. The first kappa shape index (κ1) is 22.3. The number of nitrogens with one attached hydrogen (secondary N) is 1. The highest BCUT2D eigenvalue weighted by molar-refractivity contribution is 5.97. The van der Waals surface area contributed by atoms with E-state index in [-0.39, 0.29) is 36.8 Å². The number of hydrogen-bond donors (Lipinski definition) is 1. The summed E-state index contributed by atoms with van der Waals surface area (Å²) in [5, 5.41) is 3.14. The van der Waals surface area contributed by atoms with Crippen LogP contribution in [0.25, 0.3) is 0 Å². The third-order valence-corrected chi connectivity index (χ3v) is 6.24. The van der Waals surface area contributed by atoms with Crippen LogP contribution in [0.4, 0.5) is 5.69 Å². The van der Waals surface area contributed by atoms with Crippen molar-refractivity contribution in [3.8, 4) is 5.75 Å². The van der Waals surface area contributed by atoms with E-state index in [1.54, 1.807) is 4.90 Å². The van der Waals surface area contributed by atoms with Gasteiger partial charge in [-0.2, -0.15) is 0 Å². The van der Waals surface area contributed by atoms with Crippen molar-refractivity contribution in [3.05, 3.63) is 59.7 Å². The van der Waals surface area contributed by atoms with Crippen LogP contribution in [0.3, 0.4) is 0 Å².